The first-order chi connectivity index (χ1) is 14.0. The number of hydrogen-bond acceptors (Lipinski definition) is 5. The molecule has 0 aliphatic heterocycles. The zero-order chi connectivity index (χ0) is 20.4. The average molecular weight is 427 g/mol. The van der Waals surface area contributed by atoms with E-state index in [1.807, 2.05) is 49.4 Å². The Balaban J connectivity index is 1.65. The van der Waals surface area contributed by atoms with Gasteiger partial charge in [-0.2, -0.15) is 5.10 Å². The molecule has 0 saturated heterocycles. The first-order valence-corrected chi connectivity index (χ1v) is 11.8. The van der Waals surface area contributed by atoms with Gasteiger partial charge in [0.05, 0.1) is 22.8 Å². The third kappa shape index (κ3) is 4.10. The van der Waals surface area contributed by atoms with Gasteiger partial charge in [0.1, 0.15) is 5.01 Å². The first kappa shape index (κ1) is 19.8. The van der Waals surface area contributed by atoms with Gasteiger partial charge in [-0.05, 0) is 31.0 Å². The van der Waals surface area contributed by atoms with E-state index in [0.717, 1.165) is 45.3 Å². The van der Waals surface area contributed by atoms with Crippen molar-refractivity contribution in [1.29, 1.82) is 0 Å². The maximum absolute atomic E-state index is 12.8. The second-order valence-electron chi connectivity index (χ2n) is 6.81. The summed E-state index contributed by atoms with van der Waals surface area (Å²) in [4.78, 5) is 5.70. The zero-order valence-electron chi connectivity index (χ0n) is 16.3. The van der Waals surface area contributed by atoms with Crippen LogP contribution in [0, 0.1) is 6.92 Å². The minimum atomic E-state index is -3.64. The van der Waals surface area contributed by atoms with Crippen LogP contribution in [0.15, 0.2) is 59.5 Å². The molecule has 2 heterocycles. The average Bonchev–Trinajstić information content (AvgIpc) is 3.24. The summed E-state index contributed by atoms with van der Waals surface area (Å²) in [5.41, 5.74) is 3.53. The molecular formula is C21H22N4O2S2. The molecule has 8 heteroatoms. The summed E-state index contributed by atoms with van der Waals surface area (Å²) in [7, 11) is -3.64. The van der Waals surface area contributed by atoms with E-state index in [1.54, 1.807) is 16.6 Å². The highest BCUT2D eigenvalue weighted by atomic mass is 32.2. The third-order valence-electron chi connectivity index (χ3n) is 4.65. The van der Waals surface area contributed by atoms with Crippen LogP contribution in [-0.2, 0) is 23.0 Å². The summed E-state index contributed by atoms with van der Waals surface area (Å²) in [6.45, 7) is 4.12. The lowest BCUT2D eigenvalue weighted by atomic mass is 10.1. The number of fused-ring (bicyclic) bond motifs is 1. The number of rotatable bonds is 7. The van der Waals surface area contributed by atoms with Gasteiger partial charge in [0.2, 0.25) is 15.0 Å². The summed E-state index contributed by atoms with van der Waals surface area (Å²) in [6, 6.07) is 16.8. The van der Waals surface area contributed by atoms with Crippen molar-refractivity contribution in [2.75, 3.05) is 0 Å². The highest BCUT2D eigenvalue weighted by Crippen LogP contribution is 2.27. The zero-order valence-corrected chi connectivity index (χ0v) is 17.9. The number of aryl methyl sites for hydroxylation is 2. The number of sulfonamides is 1. The van der Waals surface area contributed by atoms with Gasteiger partial charge in [-0.1, -0.05) is 67.1 Å². The maximum atomic E-state index is 12.8. The molecule has 0 fully saturated rings. The van der Waals surface area contributed by atoms with E-state index in [-0.39, 0.29) is 11.4 Å². The van der Waals surface area contributed by atoms with Gasteiger partial charge in [0, 0.05) is 5.56 Å². The quantitative estimate of drug-likeness (QED) is 0.481. The number of nitrogens with one attached hydrogen (secondary N) is 1. The minimum absolute atomic E-state index is 0.105. The highest BCUT2D eigenvalue weighted by Gasteiger charge is 2.20. The van der Waals surface area contributed by atoms with Gasteiger partial charge in [-0.25, -0.2) is 22.6 Å². The van der Waals surface area contributed by atoms with E-state index in [1.165, 1.54) is 11.3 Å². The lowest BCUT2D eigenvalue weighted by Crippen LogP contribution is -2.24. The van der Waals surface area contributed by atoms with Gasteiger partial charge in [-0.15, -0.1) is 0 Å². The van der Waals surface area contributed by atoms with Crippen LogP contribution in [0.3, 0.4) is 0 Å². The first-order valence-electron chi connectivity index (χ1n) is 9.47. The molecule has 0 saturated carbocycles. The number of nitrogens with zero attached hydrogens (tertiary/aromatic N) is 3. The van der Waals surface area contributed by atoms with Gasteiger partial charge >= 0.3 is 0 Å². The molecule has 0 radical (unpaired) electrons. The number of imidazole rings is 1. The third-order valence-corrected chi connectivity index (χ3v) is 6.89. The summed E-state index contributed by atoms with van der Waals surface area (Å²) >= 11 is 1.48. The monoisotopic (exact) mass is 426 g/mol. The SMILES string of the molecule is CCCc1ccc(S(=O)(=O)NCc2c(-c3ccccc3)nc3sc(C)nn23)cc1. The Kier molecular flexibility index (Phi) is 5.49. The van der Waals surface area contributed by atoms with Crippen molar-refractivity contribution in [3.05, 3.63) is 70.9 Å². The number of benzene rings is 2. The van der Waals surface area contributed by atoms with Crippen LogP contribution in [0.5, 0.6) is 0 Å². The Labute approximate surface area is 174 Å². The summed E-state index contributed by atoms with van der Waals surface area (Å²) in [5, 5.41) is 5.38. The van der Waals surface area contributed by atoms with Crippen LogP contribution in [0.25, 0.3) is 16.2 Å². The molecule has 0 amide bonds. The molecule has 150 valence electrons. The van der Waals surface area contributed by atoms with Gasteiger partial charge in [-0.3, -0.25) is 0 Å². The lowest BCUT2D eigenvalue weighted by molar-refractivity contribution is 0.579. The van der Waals surface area contributed by atoms with Crippen molar-refractivity contribution in [2.24, 2.45) is 0 Å². The second kappa shape index (κ2) is 8.06. The molecule has 4 aromatic rings. The van der Waals surface area contributed by atoms with Crippen LogP contribution in [0.1, 0.15) is 29.6 Å². The van der Waals surface area contributed by atoms with Crippen molar-refractivity contribution in [1.82, 2.24) is 19.3 Å². The predicted molar refractivity (Wildman–Crippen MR) is 115 cm³/mol. The minimum Gasteiger partial charge on any atom is -0.217 e. The van der Waals surface area contributed by atoms with Crippen molar-refractivity contribution >= 4 is 26.3 Å². The topological polar surface area (TPSA) is 76.4 Å². The molecule has 0 spiro atoms. The van der Waals surface area contributed by atoms with Gasteiger partial charge < -0.3 is 0 Å². The molecule has 2 aromatic heterocycles. The van der Waals surface area contributed by atoms with E-state index >= 15 is 0 Å². The Morgan fingerprint density at radius 3 is 2.48 bits per heavy atom. The Hall–Kier alpha value is -2.55. The molecule has 2 aromatic carbocycles. The Bertz CT molecular complexity index is 1230. The normalized spacial score (nSPS) is 11.9. The van der Waals surface area contributed by atoms with E-state index in [0.29, 0.717) is 0 Å². The fourth-order valence-electron chi connectivity index (χ4n) is 3.24. The van der Waals surface area contributed by atoms with Crippen LogP contribution >= 0.6 is 11.3 Å². The molecule has 0 aliphatic carbocycles. The largest absolute Gasteiger partial charge is 0.240 e. The van der Waals surface area contributed by atoms with E-state index in [9.17, 15) is 8.42 Å². The van der Waals surface area contributed by atoms with Crippen LogP contribution in [0.2, 0.25) is 0 Å². The Morgan fingerprint density at radius 2 is 1.79 bits per heavy atom. The maximum Gasteiger partial charge on any atom is 0.240 e. The predicted octanol–water partition coefficient (Wildman–Crippen LogP) is 4.20. The van der Waals surface area contributed by atoms with Crippen LogP contribution in [0.4, 0.5) is 0 Å². The highest BCUT2D eigenvalue weighted by molar-refractivity contribution is 7.89. The molecule has 0 atom stereocenters. The van der Waals surface area contributed by atoms with E-state index in [4.69, 9.17) is 4.98 Å². The van der Waals surface area contributed by atoms with Crippen molar-refractivity contribution < 1.29 is 8.42 Å². The Morgan fingerprint density at radius 1 is 1.07 bits per heavy atom. The fourth-order valence-corrected chi connectivity index (χ4v) is 4.99. The van der Waals surface area contributed by atoms with Crippen molar-refractivity contribution in [3.8, 4) is 11.3 Å². The van der Waals surface area contributed by atoms with Crippen molar-refractivity contribution in [3.63, 3.8) is 0 Å². The van der Waals surface area contributed by atoms with Crippen LogP contribution in [-0.4, -0.2) is 23.0 Å². The number of aromatic nitrogens is 3. The second-order valence-corrected chi connectivity index (χ2v) is 9.73. The molecule has 0 unspecified atom stereocenters. The summed E-state index contributed by atoms with van der Waals surface area (Å²) in [6.07, 6.45) is 1.96. The molecule has 29 heavy (non-hydrogen) atoms. The molecule has 0 bridgehead atoms. The molecular weight excluding hydrogens is 404 g/mol. The van der Waals surface area contributed by atoms with Crippen molar-refractivity contribution in [2.45, 2.75) is 38.1 Å². The van der Waals surface area contributed by atoms with E-state index in [2.05, 4.69) is 16.7 Å². The van der Waals surface area contributed by atoms with Gasteiger partial charge in [0.15, 0.2) is 0 Å². The smallest absolute Gasteiger partial charge is 0.217 e. The summed E-state index contributed by atoms with van der Waals surface area (Å²) < 4.78 is 30.1. The molecule has 1 N–H and O–H groups in total. The molecule has 6 nitrogen and oxygen atoms in total. The number of hydrogen-bond donors (Lipinski definition) is 1. The van der Waals surface area contributed by atoms with Crippen LogP contribution < -0.4 is 4.72 Å². The standard InChI is InChI=1S/C21H22N4O2S2/c1-3-7-16-10-12-18(13-11-16)29(26,27)22-14-19-20(17-8-5-4-6-9-17)23-21-25(19)24-15(2)28-21/h4-6,8-13,22H,3,7,14H2,1-2H3. The fraction of sp³-hybridized carbons (Fsp3) is 0.238. The summed E-state index contributed by atoms with van der Waals surface area (Å²) in [5.74, 6) is 0. The molecule has 4 rings (SSSR count). The van der Waals surface area contributed by atoms with E-state index < -0.39 is 10.0 Å². The van der Waals surface area contributed by atoms with Gasteiger partial charge in [0.25, 0.3) is 0 Å². The molecule has 0 aliphatic rings. The lowest BCUT2D eigenvalue weighted by Gasteiger charge is -2.09.